The zero-order valence-electron chi connectivity index (χ0n) is 9.82. The Bertz CT molecular complexity index is 284. The third kappa shape index (κ3) is 2.96. The van der Waals surface area contributed by atoms with E-state index >= 15 is 0 Å². The predicted octanol–water partition coefficient (Wildman–Crippen LogP) is 1.63. The molecule has 0 saturated heterocycles. The molecular formula is C11H21N3O. The van der Waals surface area contributed by atoms with Gasteiger partial charge in [0.1, 0.15) is 5.82 Å². The van der Waals surface area contributed by atoms with E-state index in [2.05, 4.69) is 24.3 Å². The van der Waals surface area contributed by atoms with Gasteiger partial charge in [0.15, 0.2) is 0 Å². The molecule has 1 aromatic heterocycles. The maximum atomic E-state index is 9.39. The Morgan fingerprint density at radius 2 is 2.13 bits per heavy atom. The summed E-state index contributed by atoms with van der Waals surface area (Å²) in [5.74, 6) is 0.872. The number of aliphatic hydroxyl groups is 1. The SMILES string of the molecule is CCC(CC)(CO)CNc1ccn(C)n1. The Hall–Kier alpha value is -1.03. The highest BCUT2D eigenvalue weighted by Crippen LogP contribution is 2.25. The summed E-state index contributed by atoms with van der Waals surface area (Å²) >= 11 is 0. The average Bonchev–Trinajstić information content (AvgIpc) is 2.67. The van der Waals surface area contributed by atoms with E-state index in [0.717, 1.165) is 25.2 Å². The highest BCUT2D eigenvalue weighted by Gasteiger charge is 2.24. The van der Waals surface area contributed by atoms with Gasteiger partial charge in [0.05, 0.1) is 6.61 Å². The first-order valence-electron chi connectivity index (χ1n) is 5.50. The summed E-state index contributed by atoms with van der Waals surface area (Å²) in [5, 5.41) is 16.9. The number of nitrogens with one attached hydrogen (secondary N) is 1. The molecule has 0 atom stereocenters. The van der Waals surface area contributed by atoms with E-state index in [1.165, 1.54) is 0 Å². The largest absolute Gasteiger partial charge is 0.396 e. The third-order valence-corrected chi connectivity index (χ3v) is 3.19. The number of nitrogens with zero attached hydrogens (tertiary/aromatic N) is 2. The zero-order chi connectivity index (χ0) is 11.3. The summed E-state index contributed by atoms with van der Waals surface area (Å²) < 4.78 is 1.76. The first-order valence-corrected chi connectivity index (χ1v) is 5.50. The molecule has 86 valence electrons. The topological polar surface area (TPSA) is 50.1 Å². The number of aliphatic hydroxyl groups excluding tert-OH is 1. The van der Waals surface area contributed by atoms with Crippen LogP contribution in [0.2, 0.25) is 0 Å². The van der Waals surface area contributed by atoms with Crippen molar-refractivity contribution in [1.82, 2.24) is 9.78 Å². The van der Waals surface area contributed by atoms with Crippen LogP contribution in [0.1, 0.15) is 26.7 Å². The standard InChI is InChI=1S/C11H21N3O/c1-4-11(5-2,9-15)8-12-10-6-7-14(3)13-10/h6-7,15H,4-5,8-9H2,1-3H3,(H,12,13). The third-order valence-electron chi connectivity index (χ3n) is 3.19. The molecule has 2 N–H and O–H groups in total. The van der Waals surface area contributed by atoms with Gasteiger partial charge >= 0.3 is 0 Å². The lowest BCUT2D eigenvalue weighted by molar-refractivity contribution is 0.127. The minimum Gasteiger partial charge on any atom is -0.396 e. The van der Waals surface area contributed by atoms with Gasteiger partial charge in [0.2, 0.25) is 0 Å². The molecule has 0 amide bonds. The van der Waals surface area contributed by atoms with Crippen LogP contribution in [0.15, 0.2) is 12.3 Å². The molecule has 0 aliphatic carbocycles. The van der Waals surface area contributed by atoms with Crippen LogP contribution in [0.4, 0.5) is 5.82 Å². The van der Waals surface area contributed by atoms with Gasteiger partial charge in [0.25, 0.3) is 0 Å². The number of hydrogen-bond donors (Lipinski definition) is 2. The maximum absolute atomic E-state index is 9.39. The summed E-state index contributed by atoms with van der Waals surface area (Å²) in [7, 11) is 1.89. The van der Waals surface area contributed by atoms with Crippen LogP contribution in [-0.4, -0.2) is 28.0 Å². The number of rotatable bonds is 6. The molecule has 4 heteroatoms. The highest BCUT2D eigenvalue weighted by molar-refractivity contribution is 5.32. The second-order valence-electron chi connectivity index (χ2n) is 4.09. The smallest absolute Gasteiger partial charge is 0.147 e. The summed E-state index contributed by atoms with van der Waals surface area (Å²) in [4.78, 5) is 0. The Labute approximate surface area is 91.3 Å². The molecule has 15 heavy (non-hydrogen) atoms. The minimum absolute atomic E-state index is 0.0163. The van der Waals surface area contributed by atoms with Crippen LogP contribution in [0.3, 0.4) is 0 Å². The molecule has 0 radical (unpaired) electrons. The van der Waals surface area contributed by atoms with Crippen molar-refractivity contribution in [2.45, 2.75) is 26.7 Å². The second-order valence-corrected chi connectivity index (χ2v) is 4.09. The van der Waals surface area contributed by atoms with E-state index in [9.17, 15) is 5.11 Å². The highest BCUT2D eigenvalue weighted by atomic mass is 16.3. The zero-order valence-corrected chi connectivity index (χ0v) is 9.82. The first kappa shape index (κ1) is 12.0. The minimum atomic E-state index is -0.0163. The Morgan fingerprint density at radius 3 is 2.53 bits per heavy atom. The fraction of sp³-hybridized carbons (Fsp3) is 0.727. The molecule has 1 aromatic rings. The monoisotopic (exact) mass is 211 g/mol. The Morgan fingerprint density at radius 1 is 1.47 bits per heavy atom. The van der Waals surface area contributed by atoms with E-state index in [0.29, 0.717) is 0 Å². The summed E-state index contributed by atoms with van der Waals surface area (Å²) in [6.45, 7) is 5.22. The van der Waals surface area contributed by atoms with Crippen molar-refractivity contribution < 1.29 is 5.11 Å². The van der Waals surface area contributed by atoms with Crippen molar-refractivity contribution in [1.29, 1.82) is 0 Å². The van der Waals surface area contributed by atoms with Gasteiger partial charge in [-0.15, -0.1) is 0 Å². The molecule has 1 rings (SSSR count). The molecule has 0 aliphatic rings. The number of anilines is 1. The van der Waals surface area contributed by atoms with E-state index in [-0.39, 0.29) is 12.0 Å². The molecule has 4 nitrogen and oxygen atoms in total. The van der Waals surface area contributed by atoms with Crippen molar-refractivity contribution in [3.05, 3.63) is 12.3 Å². The Kier molecular flexibility index (Phi) is 4.15. The fourth-order valence-corrected chi connectivity index (χ4v) is 1.57. The van der Waals surface area contributed by atoms with Gasteiger partial charge in [-0.3, -0.25) is 4.68 Å². The molecule has 0 fully saturated rings. The lowest BCUT2D eigenvalue weighted by atomic mass is 9.83. The average molecular weight is 211 g/mol. The molecule has 0 unspecified atom stereocenters. The molecule has 0 bridgehead atoms. The van der Waals surface area contributed by atoms with Gasteiger partial charge in [0, 0.05) is 31.3 Å². The summed E-state index contributed by atoms with van der Waals surface area (Å²) in [6.07, 6.45) is 3.85. The van der Waals surface area contributed by atoms with E-state index < -0.39 is 0 Å². The van der Waals surface area contributed by atoms with Gasteiger partial charge in [-0.1, -0.05) is 13.8 Å². The molecule has 0 spiro atoms. The van der Waals surface area contributed by atoms with Gasteiger partial charge in [-0.2, -0.15) is 5.10 Å². The number of aromatic nitrogens is 2. The van der Waals surface area contributed by atoms with Crippen molar-refractivity contribution in [3.8, 4) is 0 Å². The summed E-state index contributed by atoms with van der Waals surface area (Å²) in [5.41, 5.74) is -0.0163. The quantitative estimate of drug-likeness (QED) is 0.752. The molecule has 0 aliphatic heterocycles. The van der Waals surface area contributed by atoms with E-state index in [1.54, 1.807) is 4.68 Å². The van der Waals surface area contributed by atoms with Gasteiger partial charge in [-0.25, -0.2) is 0 Å². The van der Waals surface area contributed by atoms with E-state index in [4.69, 9.17) is 0 Å². The lowest BCUT2D eigenvalue weighted by Crippen LogP contribution is -2.32. The molecular weight excluding hydrogens is 190 g/mol. The van der Waals surface area contributed by atoms with Crippen molar-refractivity contribution in [2.75, 3.05) is 18.5 Å². The van der Waals surface area contributed by atoms with Crippen LogP contribution in [0.25, 0.3) is 0 Å². The van der Waals surface area contributed by atoms with Crippen molar-refractivity contribution in [3.63, 3.8) is 0 Å². The summed E-state index contributed by atoms with van der Waals surface area (Å²) in [6, 6.07) is 1.94. The van der Waals surface area contributed by atoms with Gasteiger partial charge < -0.3 is 10.4 Å². The predicted molar refractivity (Wildman–Crippen MR) is 61.8 cm³/mol. The first-order chi connectivity index (χ1) is 7.15. The second kappa shape index (κ2) is 5.16. The fourth-order valence-electron chi connectivity index (χ4n) is 1.57. The maximum Gasteiger partial charge on any atom is 0.147 e. The number of hydrogen-bond acceptors (Lipinski definition) is 3. The Balaban J connectivity index is 2.54. The normalized spacial score (nSPS) is 11.7. The number of aryl methyl sites for hydroxylation is 1. The van der Waals surface area contributed by atoms with E-state index in [1.807, 2.05) is 19.3 Å². The molecule has 1 heterocycles. The van der Waals surface area contributed by atoms with Crippen molar-refractivity contribution in [2.24, 2.45) is 12.5 Å². The molecule has 0 aromatic carbocycles. The van der Waals surface area contributed by atoms with Crippen LogP contribution in [0.5, 0.6) is 0 Å². The van der Waals surface area contributed by atoms with Crippen LogP contribution >= 0.6 is 0 Å². The lowest BCUT2D eigenvalue weighted by Gasteiger charge is -2.29. The van der Waals surface area contributed by atoms with Crippen LogP contribution in [-0.2, 0) is 7.05 Å². The van der Waals surface area contributed by atoms with Gasteiger partial charge in [-0.05, 0) is 12.8 Å². The van der Waals surface area contributed by atoms with Crippen molar-refractivity contribution >= 4 is 5.82 Å². The van der Waals surface area contributed by atoms with Crippen LogP contribution < -0.4 is 5.32 Å². The van der Waals surface area contributed by atoms with Crippen LogP contribution in [0, 0.1) is 5.41 Å². The molecule has 0 saturated carbocycles.